The summed E-state index contributed by atoms with van der Waals surface area (Å²) in [5.41, 5.74) is 3.76. The van der Waals surface area contributed by atoms with Crippen molar-refractivity contribution in [1.82, 2.24) is 14.9 Å². The lowest BCUT2D eigenvalue weighted by molar-refractivity contribution is 0.101. The van der Waals surface area contributed by atoms with Gasteiger partial charge in [0.15, 0.2) is 5.78 Å². The first-order chi connectivity index (χ1) is 10.9. The van der Waals surface area contributed by atoms with Crippen molar-refractivity contribution in [2.24, 2.45) is 0 Å². The van der Waals surface area contributed by atoms with Crippen molar-refractivity contribution in [2.45, 2.75) is 26.8 Å². The number of nitrogens with one attached hydrogen (secondary N) is 1. The van der Waals surface area contributed by atoms with E-state index in [0.29, 0.717) is 23.8 Å². The molecule has 2 aromatic rings. The molecular formula is C18H24N4O. The van der Waals surface area contributed by atoms with E-state index in [-0.39, 0.29) is 11.8 Å². The third-order valence-corrected chi connectivity index (χ3v) is 3.90. The fourth-order valence-electron chi connectivity index (χ4n) is 2.47. The number of ketones is 1. The van der Waals surface area contributed by atoms with E-state index in [4.69, 9.17) is 0 Å². The van der Waals surface area contributed by atoms with Crippen LogP contribution in [0.4, 0.5) is 5.95 Å². The number of benzene rings is 1. The van der Waals surface area contributed by atoms with Crippen LogP contribution < -0.4 is 5.32 Å². The first kappa shape index (κ1) is 17.1. The minimum absolute atomic E-state index is 0.0140. The van der Waals surface area contributed by atoms with Gasteiger partial charge in [0.05, 0.1) is 17.3 Å². The summed E-state index contributed by atoms with van der Waals surface area (Å²) in [5.74, 6) is 0.534. The SMILES string of the molecule is CC(=O)c1cnc(NCC(c2ccc(C)cc2)N(C)C)nc1C. The van der Waals surface area contributed by atoms with Crippen LogP contribution in [0.2, 0.25) is 0 Å². The quantitative estimate of drug-likeness (QED) is 0.831. The lowest BCUT2D eigenvalue weighted by Crippen LogP contribution is -2.27. The number of nitrogens with zero attached hydrogens (tertiary/aromatic N) is 3. The molecular weight excluding hydrogens is 288 g/mol. The third kappa shape index (κ3) is 4.36. The van der Waals surface area contributed by atoms with Gasteiger partial charge in [0.2, 0.25) is 5.95 Å². The van der Waals surface area contributed by atoms with Gasteiger partial charge in [0.1, 0.15) is 0 Å². The van der Waals surface area contributed by atoms with Crippen molar-refractivity contribution in [3.05, 3.63) is 52.8 Å². The Morgan fingerprint density at radius 3 is 2.39 bits per heavy atom. The van der Waals surface area contributed by atoms with Gasteiger partial charge in [-0.2, -0.15) is 0 Å². The molecule has 0 aliphatic heterocycles. The maximum absolute atomic E-state index is 11.4. The first-order valence-electron chi connectivity index (χ1n) is 7.70. The van der Waals surface area contributed by atoms with Gasteiger partial charge in [0.25, 0.3) is 0 Å². The minimum atomic E-state index is -0.0140. The summed E-state index contributed by atoms with van der Waals surface area (Å²) in [5, 5.41) is 3.27. The molecule has 0 spiro atoms. The molecule has 2 rings (SSSR count). The second-order valence-electron chi connectivity index (χ2n) is 6.02. The highest BCUT2D eigenvalue weighted by Gasteiger charge is 2.15. The van der Waals surface area contributed by atoms with Crippen LogP contribution in [0, 0.1) is 13.8 Å². The summed E-state index contributed by atoms with van der Waals surface area (Å²) in [6.07, 6.45) is 1.59. The van der Waals surface area contributed by atoms with E-state index in [9.17, 15) is 4.79 Å². The molecule has 0 radical (unpaired) electrons. The number of Topliss-reactive ketones (excluding diaryl/α,β-unsaturated/α-hetero) is 1. The van der Waals surface area contributed by atoms with E-state index in [1.165, 1.54) is 18.1 Å². The maximum atomic E-state index is 11.4. The Morgan fingerprint density at radius 2 is 1.87 bits per heavy atom. The Morgan fingerprint density at radius 1 is 1.22 bits per heavy atom. The molecule has 0 aliphatic carbocycles. The number of carbonyl (C=O) groups is 1. The van der Waals surface area contributed by atoms with Gasteiger partial charge < -0.3 is 10.2 Å². The van der Waals surface area contributed by atoms with Crippen LogP contribution in [0.5, 0.6) is 0 Å². The fraction of sp³-hybridized carbons (Fsp3) is 0.389. The highest BCUT2D eigenvalue weighted by Crippen LogP contribution is 2.19. The molecule has 0 bridgehead atoms. The van der Waals surface area contributed by atoms with Crippen molar-refractivity contribution < 1.29 is 4.79 Å². The number of hydrogen-bond acceptors (Lipinski definition) is 5. The smallest absolute Gasteiger partial charge is 0.222 e. The average Bonchev–Trinajstić information content (AvgIpc) is 2.48. The summed E-state index contributed by atoms with van der Waals surface area (Å²) in [7, 11) is 4.11. The van der Waals surface area contributed by atoms with Crippen LogP contribution in [0.3, 0.4) is 0 Å². The molecule has 1 aromatic heterocycles. The molecule has 1 aromatic carbocycles. The van der Waals surface area contributed by atoms with E-state index >= 15 is 0 Å². The van der Waals surface area contributed by atoms with Crippen molar-refractivity contribution in [3.63, 3.8) is 0 Å². The molecule has 0 fully saturated rings. The predicted octanol–water partition coefficient (Wildman–Crippen LogP) is 3.01. The molecule has 5 heteroatoms. The normalized spacial score (nSPS) is 12.3. The van der Waals surface area contributed by atoms with Crippen LogP contribution in [-0.2, 0) is 0 Å². The van der Waals surface area contributed by atoms with Gasteiger partial charge in [-0.05, 0) is 40.4 Å². The highest BCUT2D eigenvalue weighted by molar-refractivity contribution is 5.94. The van der Waals surface area contributed by atoms with Crippen LogP contribution in [0.25, 0.3) is 0 Å². The molecule has 0 saturated heterocycles. The lowest BCUT2D eigenvalue weighted by Gasteiger charge is -2.25. The van der Waals surface area contributed by atoms with Gasteiger partial charge in [-0.1, -0.05) is 29.8 Å². The summed E-state index contributed by atoms with van der Waals surface area (Å²) < 4.78 is 0. The maximum Gasteiger partial charge on any atom is 0.222 e. The van der Waals surface area contributed by atoms with E-state index in [1.807, 2.05) is 6.92 Å². The number of rotatable bonds is 6. The number of anilines is 1. The molecule has 122 valence electrons. The average molecular weight is 312 g/mol. The molecule has 23 heavy (non-hydrogen) atoms. The van der Waals surface area contributed by atoms with Gasteiger partial charge in [-0.15, -0.1) is 0 Å². The Kier molecular flexibility index (Phi) is 5.45. The fourth-order valence-corrected chi connectivity index (χ4v) is 2.47. The van der Waals surface area contributed by atoms with E-state index in [1.54, 1.807) is 6.20 Å². The van der Waals surface area contributed by atoms with Crippen LogP contribution in [0.1, 0.15) is 40.1 Å². The number of likely N-dealkylation sites (N-methyl/N-ethyl adjacent to an activating group) is 1. The molecule has 0 aliphatic rings. The molecule has 5 nitrogen and oxygen atoms in total. The Bertz CT molecular complexity index is 680. The molecule has 0 amide bonds. The van der Waals surface area contributed by atoms with Gasteiger partial charge >= 0.3 is 0 Å². The Labute approximate surface area is 137 Å². The molecule has 1 atom stereocenters. The summed E-state index contributed by atoms with van der Waals surface area (Å²) in [6.45, 7) is 6.13. The first-order valence-corrected chi connectivity index (χ1v) is 7.70. The zero-order valence-electron chi connectivity index (χ0n) is 14.4. The van der Waals surface area contributed by atoms with E-state index in [2.05, 4.69) is 65.5 Å². The Balaban J connectivity index is 2.11. The third-order valence-electron chi connectivity index (χ3n) is 3.90. The van der Waals surface area contributed by atoms with Crippen molar-refractivity contribution in [1.29, 1.82) is 0 Å². The second-order valence-corrected chi connectivity index (χ2v) is 6.02. The van der Waals surface area contributed by atoms with E-state index in [0.717, 1.165) is 0 Å². The zero-order chi connectivity index (χ0) is 17.0. The summed E-state index contributed by atoms with van der Waals surface area (Å²) in [4.78, 5) is 22.2. The van der Waals surface area contributed by atoms with Crippen molar-refractivity contribution in [2.75, 3.05) is 26.0 Å². The van der Waals surface area contributed by atoms with Crippen LogP contribution in [-0.4, -0.2) is 41.3 Å². The van der Waals surface area contributed by atoms with Crippen molar-refractivity contribution in [3.8, 4) is 0 Å². The monoisotopic (exact) mass is 312 g/mol. The lowest BCUT2D eigenvalue weighted by atomic mass is 10.0. The molecule has 1 N–H and O–H groups in total. The van der Waals surface area contributed by atoms with Crippen LogP contribution in [0.15, 0.2) is 30.5 Å². The topological polar surface area (TPSA) is 58.1 Å². The molecule has 0 saturated carbocycles. The van der Waals surface area contributed by atoms with Gasteiger partial charge in [-0.3, -0.25) is 4.79 Å². The summed E-state index contributed by atoms with van der Waals surface area (Å²) in [6, 6.07) is 8.74. The van der Waals surface area contributed by atoms with Crippen LogP contribution >= 0.6 is 0 Å². The minimum Gasteiger partial charge on any atom is -0.352 e. The number of carbonyl (C=O) groups excluding carboxylic acids is 1. The standard InChI is InChI=1S/C18H24N4O/c1-12-6-8-15(9-7-12)17(22(4)5)11-20-18-19-10-16(14(3)23)13(2)21-18/h6-10,17H,11H2,1-5H3,(H,19,20,21). The number of aromatic nitrogens is 2. The van der Waals surface area contributed by atoms with Gasteiger partial charge in [0, 0.05) is 12.7 Å². The largest absolute Gasteiger partial charge is 0.352 e. The molecule has 1 heterocycles. The number of aryl methyl sites for hydroxylation is 2. The molecule has 1 unspecified atom stereocenters. The van der Waals surface area contributed by atoms with Crippen molar-refractivity contribution >= 4 is 11.7 Å². The van der Waals surface area contributed by atoms with Gasteiger partial charge in [-0.25, -0.2) is 9.97 Å². The summed E-state index contributed by atoms with van der Waals surface area (Å²) >= 11 is 0. The highest BCUT2D eigenvalue weighted by atomic mass is 16.1. The predicted molar refractivity (Wildman–Crippen MR) is 92.9 cm³/mol. The Hall–Kier alpha value is -2.27. The second kappa shape index (κ2) is 7.33. The van der Waals surface area contributed by atoms with E-state index < -0.39 is 0 Å². The zero-order valence-corrected chi connectivity index (χ0v) is 14.4. The number of hydrogen-bond donors (Lipinski definition) is 1.